The van der Waals surface area contributed by atoms with Crippen molar-refractivity contribution >= 4 is 11.8 Å². The molecule has 34 heavy (non-hydrogen) atoms. The molecule has 0 spiro atoms. The summed E-state index contributed by atoms with van der Waals surface area (Å²) in [5.74, 6) is 0.441. The van der Waals surface area contributed by atoms with Crippen molar-refractivity contribution in [2.75, 3.05) is 24.5 Å². The quantitative estimate of drug-likeness (QED) is 0.437. The maximum atomic E-state index is 12.8. The minimum atomic E-state index is -0.295. The summed E-state index contributed by atoms with van der Waals surface area (Å²) in [5, 5.41) is 0. The van der Waals surface area contributed by atoms with E-state index in [1.54, 1.807) is 6.20 Å². The predicted octanol–water partition coefficient (Wildman–Crippen LogP) is 5.12. The minimum absolute atomic E-state index is 0.165. The Bertz CT molecular complexity index is 1120. The summed E-state index contributed by atoms with van der Waals surface area (Å²) in [6, 6.07) is 14.9. The van der Waals surface area contributed by atoms with Gasteiger partial charge in [-0.1, -0.05) is 37.3 Å². The van der Waals surface area contributed by atoms with Crippen molar-refractivity contribution in [3.05, 3.63) is 77.7 Å². The first kappa shape index (κ1) is 23.9. The number of pyridine rings is 2. The smallest absolute Gasteiger partial charge is 0.342 e. The predicted molar refractivity (Wildman–Crippen MR) is 136 cm³/mol. The number of rotatable bonds is 8. The molecular weight excluding hydrogens is 424 g/mol. The first-order valence-electron chi connectivity index (χ1n) is 12.1. The second-order valence-corrected chi connectivity index (χ2v) is 9.13. The zero-order valence-corrected chi connectivity index (χ0v) is 20.6. The van der Waals surface area contributed by atoms with Crippen LogP contribution in [-0.2, 0) is 11.3 Å². The Hall–Kier alpha value is -3.25. The lowest BCUT2D eigenvalue weighted by Crippen LogP contribution is -2.37. The summed E-state index contributed by atoms with van der Waals surface area (Å²) in [5.41, 5.74) is 5.15. The molecule has 1 aliphatic rings. The minimum Gasteiger partial charge on any atom is -0.459 e. The highest BCUT2D eigenvalue weighted by Gasteiger charge is 2.31. The average molecular weight is 459 g/mol. The number of esters is 1. The van der Waals surface area contributed by atoms with Gasteiger partial charge in [0.25, 0.3) is 0 Å². The molecule has 1 aliphatic heterocycles. The second kappa shape index (κ2) is 10.8. The Morgan fingerprint density at radius 3 is 2.74 bits per heavy atom. The number of benzene rings is 1. The molecule has 0 bridgehead atoms. The van der Waals surface area contributed by atoms with Gasteiger partial charge in [0, 0.05) is 49.8 Å². The fourth-order valence-electron chi connectivity index (χ4n) is 4.72. The molecular formula is C28H34N4O2. The molecule has 6 nitrogen and oxygen atoms in total. The van der Waals surface area contributed by atoms with Crippen LogP contribution in [0.5, 0.6) is 0 Å². The van der Waals surface area contributed by atoms with E-state index in [2.05, 4.69) is 57.0 Å². The highest BCUT2D eigenvalue weighted by atomic mass is 16.5. The van der Waals surface area contributed by atoms with Crippen molar-refractivity contribution in [2.24, 2.45) is 0 Å². The van der Waals surface area contributed by atoms with Gasteiger partial charge in [0.05, 0.1) is 6.10 Å². The summed E-state index contributed by atoms with van der Waals surface area (Å²) in [7, 11) is 0. The Labute approximate surface area is 202 Å². The van der Waals surface area contributed by atoms with Crippen LogP contribution in [0.15, 0.2) is 61.1 Å². The van der Waals surface area contributed by atoms with Crippen molar-refractivity contribution in [3.8, 4) is 11.1 Å². The van der Waals surface area contributed by atoms with Gasteiger partial charge in [0.2, 0.25) is 0 Å². The van der Waals surface area contributed by atoms with Gasteiger partial charge in [-0.15, -0.1) is 0 Å². The largest absolute Gasteiger partial charge is 0.459 e. The number of anilines is 1. The molecule has 6 heteroatoms. The van der Waals surface area contributed by atoms with Crippen LogP contribution in [-0.4, -0.2) is 52.6 Å². The molecule has 3 aromatic rings. The van der Waals surface area contributed by atoms with Crippen LogP contribution in [0.3, 0.4) is 0 Å². The van der Waals surface area contributed by atoms with E-state index in [0.29, 0.717) is 11.6 Å². The lowest BCUT2D eigenvalue weighted by molar-refractivity contribution is 0.0377. The molecule has 0 unspecified atom stereocenters. The van der Waals surface area contributed by atoms with E-state index in [-0.39, 0.29) is 12.1 Å². The van der Waals surface area contributed by atoms with Crippen molar-refractivity contribution in [1.29, 1.82) is 0 Å². The number of ether oxygens (including phenoxy) is 1. The average Bonchev–Trinajstić information content (AvgIpc) is 3.32. The zero-order chi connectivity index (χ0) is 24.1. The van der Waals surface area contributed by atoms with E-state index < -0.39 is 0 Å². The number of hydrogen-bond donors (Lipinski definition) is 0. The number of carbonyl (C=O) groups is 1. The second-order valence-electron chi connectivity index (χ2n) is 9.13. The van der Waals surface area contributed by atoms with Crippen molar-refractivity contribution in [2.45, 2.75) is 52.8 Å². The van der Waals surface area contributed by atoms with Crippen LogP contribution in [0.1, 0.15) is 48.7 Å². The monoisotopic (exact) mass is 458 g/mol. The first-order valence-corrected chi connectivity index (χ1v) is 12.1. The number of likely N-dealkylation sites (N-methyl/N-ethyl adjacent to an activating group) is 1. The van der Waals surface area contributed by atoms with Crippen LogP contribution >= 0.6 is 0 Å². The topological polar surface area (TPSA) is 58.6 Å². The molecule has 2 aromatic heterocycles. The van der Waals surface area contributed by atoms with Crippen LogP contribution in [0.4, 0.5) is 5.82 Å². The molecule has 0 N–H and O–H groups in total. The standard InChI is InChI=1S/C28H34N4O2/c1-5-31(18-23-9-6-7-11-25(23)22-10-8-14-29-17-22)24-13-16-32(19-24)27-26(21(4)12-15-30-27)28(33)34-20(2)3/h6-12,14-15,17,20,24H,5,13,16,18-19H2,1-4H3/t24-/m1/s1. The lowest BCUT2D eigenvalue weighted by Gasteiger charge is -2.29. The summed E-state index contributed by atoms with van der Waals surface area (Å²) >= 11 is 0. The highest BCUT2D eigenvalue weighted by Crippen LogP contribution is 2.29. The molecule has 1 fully saturated rings. The van der Waals surface area contributed by atoms with Gasteiger partial charge in [-0.05, 0) is 62.6 Å². The first-order chi connectivity index (χ1) is 16.5. The number of aryl methyl sites for hydroxylation is 1. The van der Waals surface area contributed by atoms with Gasteiger partial charge in [0.15, 0.2) is 0 Å². The molecule has 0 aliphatic carbocycles. The fraction of sp³-hybridized carbons (Fsp3) is 0.393. The number of aromatic nitrogens is 2. The van der Waals surface area contributed by atoms with Crippen LogP contribution in [0.2, 0.25) is 0 Å². The lowest BCUT2D eigenvalue weighted by atomic mass is 10.00. The number of carbonyl (C=O) groups excluding carboxylic acids is 1. The van der Waals surface area contributed by atoms with Crippen LogP contribution < -0.4 is 4.90 Å². The Morgan fingerprint density at radius 1 is 1.18 bits per heavy atom. The van der Waals surface area contributed by atoms with E-state index in [1.165, 1.54) is 11.1 Å². The summed E-state index contributed by atoms with van der Waals surface area (Å²) < 4.78 is 5.53. The van der Waals surface area contributed by atoms with Gasteiger partial charge < -0.3 is 9.64 Å². The van der Waals surface area contributed by atoms with E-state index in [1.807, 2.05) is 45.3 Å². The van der Waals surface area contributed by atoms with Crippen molar-refractivity contribution < 1.29 is 9.53 Å². The van der Waals surface area contributed by atoms with Crippen molar-refractivity contribution in [3.63, 3.8) is 0 Å². The highest BCUT2D eigenvalue weighted by molar-refractivity contribution is 5.96. The molecule has 4 rings (SSSR count). The fourth-order valence-corrected chi connectivity index (χ4v) is 4.72. The third-order valence-corrected chi connectivity index (χ3v) is 6.43. The molecule has 3 heterocycles. The molecule has 0 amide bonds. The van der Waals surface area contributed by atoms with Gasteiger partial charge in [0.1, 0.15) is 11.4 Å². The van der Waals surface area contributed by atoms with E-state index in [4.69, 9.17) is 4.74 Å². The molecule has 178 valence electrons. The number of nitrogens with zero attached hydrogens (tertiary/aromatic N) is 4. The van der Waals surface area contributed by atoms with E-state index >= 15 is 0 Å². The van der Waals surface area contributed by atoms with Gasteiger partial charge in [-0.2, -0.15) is 0 Å². The summed E-state index contributed by atoms with van der Waals surface area (Å²) in [6.07, 6.45) is 6.38. The maximum absolute atomic E-state index is 12.8. The van der Waals surface area contributed by atoms with E-state index in [0.717, 1.165) is 49.5 Å². The third kappa shape index (κ3) is 5.28. The Morgan fingerprint density at radius 2 is 2.00 bits per heavy atom. The Kier molecular flexibility index (Phi) is 7.58. The van der Waals surface area contributed by atoms with Gasteiger partial charge >= 0.3 is 5.97 Å². The molecule has 1 saturated heterocycles. The summed E-state index contributed by atoms with van der Waals surface area (Å²) in [6.45, 7) is 11.4. The Balaban J connectivity index is 1.53. The summed E-state index contributed by atoms with van der Waals surface area (Å²) in [4.78, 5) is 26.5. The van der Waals surface area contributed by atoms with Crippen molar-refractivity contribution in [1.82, 2.24) is 14.9 Å². The molecule has 1 aromatic carbocycles. The normalized spacial score (nSPS) is 15.8. The van der Waals surface area contributed by atoms with Crippen LogP contribution in [0, 0.1) is 6.92 Å². The third-order valence-electron chi connectivity index (χ3n) is 6.43. The van der Waals surface area contributed by atoms with Crippen LogP contribution in [0.25, 0.3) is 11.1 Å². The van der Waals surface area contributed by atoms with Gasteiger partial charge in [-0.25, -0.2) is 9.78 Å². The van der Waals surface area contributed by atoms with Gasteiger partial charge in [-0.3, -0.25) is 9.88 Å². The molecule has 0 saturated carbocycles. The zero-order valence-electron chi connectivity index (χ0n) is 20.6. The SMILES string of the molecule is CCN(Cc1ccccc1-c1cccnc1)[C@@H]1CCN(c2nccc(C)c2C(=O)OC(C)C)C1. The van der Waals surface area contributed by atoms with E-state index in [9.17, 15) is 4.79 Å². The molecule has 1 atom stereocenters. The maximum Gasteiger partial charge on any atom is 0.342 e. The number of hydrogen-bond acceptors (Lipinski definition) is 6. The molecule has 0 radical (unpaired) electrons.